The smallest absolute Gasteiger partial charge is 0.234 e. The molecule has 2 aromatic carbocycles. The van der Waals surface area contributed by atoms with Gasteiger partial charge in [0.1, 0.15) is 5.82 Å². The van der Waals surface area contributed by atoms with Crippen LogP contribution in [-0.2, 0) is 9.59 Å². The summed E-state index contributed by atoms with van der Waals surface area (Å²) in [5.74, 6) is -1.89. The highest BCUT2D eigenvalue weighted by molar-refractivity contribution is 6.13. The molecule has 0 spiro atoms. The van der Waals surface area contributed by atoms with Gasteiger partial charge in [-0.05, 0) is 55.0 Å². The Bertz CT molecular complexity index is 1130. The van der Waals surface area contributed by atoms with Gasteiger partial charge in [-0.1, -0.05) is 44.2 Å². The quantitative estimate of drug-likeness (QED) is 0.706. The number of Topliss-reactive ketones (excluding diaryl/α,β-unsaturated/α-hetero) is 1. The van der Waals surface area contributed by atoms with Gasteiger partial charge in [0, 0.05) is 35.0 Å². The van der Waals surface area contributed by atoms with Gasteiger partial charge in [0.15, 0.2) is 5.78 Å². The third-order valence-corrected chi connectivity index (χ3v) is 6.20. The summed E-state index contributed by atoms with van der Waals surface area (Å²) in [4.78, 5) is 31.5. The molecule has 1 amide bonds. The number of hydrogen-bond donors (Lipinski definition) is 1. The van der Waals surface area contributed by atoms with Gasteiger partial charge in [0.2, 0.25) is 5.91 Å². The van der Waals surface area contributed by atoms with E-state index >= 15 is 0 Å². The number of ketones is 1. The lowest BCUT2D eigenvalue weighted by Gasteiger charge is -2.39. The lowest BCUT2D eigenvalue weighted by molar-refractivity contribution is -0.119. The number of aliphatic imine (C=N–C) groups is 1. The van der Waals surface area contributed by atoms with E-state index in [1.807, 2.05) is 52.0 Å². The molecule has 2 atom stereocenters. The zero-order valence-corrected chi connectivity index (χ0v) is 18.3. The molecule has 2 aromatic rings. The Hall–Kier alpha value is -3.08. The lowest BCUT2D eigenvalue weighted by atomic mass is 9.66. The zero-order valence-electron chi connectivity index (χ0n) is 18.3. The number of hydrogen-bond acceptors (Lipinski definition) is 3. The first-order chi connectivity index (χ1) is 14.7. The number of nitrogens with one attached hydrogen (secondary N) is 1. The van der Waals surface area contributed by atoms with Crippen molar-refractivity contribution in [3.05, 3.63) is 76.7 Å². The summed E-state index contributed by atoms with van der Waals surface area (Å²) < 4.78 is 14.2. The Morgan fingerprint density at radius 1 is 1.10 bits per heavy atom. The average molecular weight is 419 g/mol. The Labute approximate surface area is 182 Å². The molecule has 5 heteroatoms. The minimum Gasteiger partial charge on any atom is -0.325 e. The molecule has 31 heavy (non-hydrogen) atoms. The number of nitrogens with zero attached hydrogens (tertiary/aromatic N) is 1. The van der Waals surface area contributed by atoms with Crippen LogP contribution in [0, 0.1) is 24.1 Å². The summed E-state index contributed by atoms with van der Waals surface area (Å²) in [6.45, 7) is 7.85. The molecule has 160 valence electrons. The summed E-state index contributed by atoms with van der Waals surface area (Å²) in [5.41, 5.74) is 4.02. The summed E-state index contributed by atoms with van der Waals surface area (Å²) in [6, 6.07) is 13.8. The molecule has 0 bridgehead atoms. The fourth-order valence-corrected chi connectivity index (χ4v) is 4.77. The van der Waals surface area contributed by atoms with Gasteiger partial charge >= 0.3 is 0 Å². The molecule has 2 aliphatic rings. The van der Waals surface area contributed by atoms with E-state index in [-0.39, 0.29) is 22.9 Å². The predicted octanol–water partition coefficient (Wildman–Crippen LogP) is 5.59. The van der Waals surface area contributed by atoms with Crippen molar-refractivity contribution < 1.29 is 14.0 Å². The van der Waals surface area contributed by atoms with Gasteiger partial charge < -0.3 is 5.32 Å². The molecule has 1 unspecified atom stereocenters. The minimum absolute atomic E-state index is 0.00884. The number of carbonyl (C=O) groups is 2. The van der Waals surface area contributed by atoms with Crippen molar-refractivity contribution in [2.75, 3.05) is 5.32 Å². The molecule has 0 aromatic heterocycles. The first-order valence-electron chi connectivity index (χ1n) is 10.6. The van der Waals surface area contributed by atoms with E-state index in [1.54, 1.807) is 12.1 Å². The third-order valence-electron chi connectivity index (χ3n) is 6.20. The maximum Gasteiger partial charge on any atom is 0.234 e. The molecule has 1 N–H and O–H groups in total. The number of allylic oxidation sites excluding steroid dienone is 2. The number of halogens is 1. The van der Waals surface area contributed by atoms with Crippen LogP contribution in [0.3, 0.4) is 0 Å². The normalized spacial score (nSPS) is 22.6. The fourth-order valence-electron chi connectivity index (χ4n) is 4.77. The van der Waals surface area contributed by atoms with Crippen molar-refractivity contribution in [2.45, 2.75) is 46.5 Å². The van der Waals surface area contributed by atoms with Crippen LogP contribution in [0.25, 0.3) is 0 Å². The standard InChI is InChI=1S/C26H27FN2O2/c1-15-8-5-6-11-19(15)29-25(31)22-16(2)28-20-13-26(3,4)14-21(30)24(20)23(22)17-9-7-10-18(27)12-17/h5-12,22-23H,13-14H2,1-4H3,(H,29,31)/t22?,23-/m0/s1. The molecule has 1 heterocycles. The van der Waals surface area contributed by atoms with E-state index in [2.05, 4.69) is 5.32 Å². The molecule has 4 rings (SSSR count). The SMILES string of the molecule is CC1=NC2=C(C(=O)CC(C)(C)C2)[C@@H](c2cccc(F)c2)C1C(=O)Nc1ccccc1C. The van der Waals surface area contributed by atoms with Gasteiger partial charge in [-0.3, -0.25) is 14.6 Å². The van der Waals surface area contributed by atoms with Gasteiger partial charge in [0.25, 0.3) is 0 Å². The third kappa shape index (κ3) is 4.09. The van der Waals surface area contributed by atoms with Gasteiger partial charge in [-0.2, -0.15) is 0 Å². The van der Waals surface area contributed by atoms with Crippen LogP contribution in [-0.4, -0.2) is 17.4 Å². The van der Waals surface area contributed by atoms with E-state index in [9.17, 15) is 14.0 Å². The van der Waals surface area contributed by atoms with E-state index in [0.29, 0.717) is 35.4 Å². The van der Waals surface area contributed by atoms with Crippen molar-refractivity contribution in [3.8, 4) is 0 Å². The van der Waals surface area contributed by atoms with Crippen molar-refractivity contribution in [2.24, 2.45) is 16.3 Å². The highest BCUT2D eigenvalue weighted by Crippen LogP contribution is 2.48. The Kier molecular flexibility index (Phi) is 5.38. The topological polar surface area (TPSA) is 58.5 Å². The monoisotopic (exact) mass is 418 g/mol. The Balaban J connectivity index is 1.82. The molecule has 1 aliphatic carbocycles. The highest BCUT2D eigenvalue weighted by atomic mass is 19.1. The number of amides is 1. The second-order valence-electron chi connectivity index (χ2n) is 9.37. The van der Waals surface area contributed by atoms with Crippen LogP contribution in [0.15, 0.2) is 64.8 Å². The molecule has 0 saturated heterocycles. The zero-order chi connectivity index (χ0) is 22.3. The first-order valence-corrected chi connectivity index (χ1v) is 10.6. The van der Waals surface area contributed by atoms with Crippen molar-refractivity contribution in [1.29, 1.82) is 0 Å². The van der Waals surface area contributed by atoms with Crippen LogP contribution in [0.5, 0.6) is 0 Å². The summed E-state index contributed by atoms with van der Waals surface area (Å²) in [6.07, 6.45) is 1.04. The van der Waals surface area contributed by atoms with Gasteiger partial charge in [-0.15, -0.1) is 0 Å². The van der Waals surface area contributed by atoms with Crippen molar-refractivity contribution >= 4 is 23.1 Å². The van der Waals surface area contributed by atoms with Crippen LogP contribution in [0.4, 0.5) is 10.1 Å². The van der Waals surface area contributed by atoms with Crippen LogP contribution in [0.1, 0.15) is 50.7 Å². The largest absolute Gasteiger partial charge is 0.325 e. The first kappa shape index (κ1) is 21.2. The van der Waals surface area contributed by atoms with Crippen LogP contribution >= 0.6 is 0 Å². The van der Waals surface area contributed by atoms with Crippen LogP contribution < -0.4 is 5.32 Å². The predicted molar refractivity (Wildman–Crippen MR) is 121 cm³/mol. The number of anilines is 1. The molecule has 0 fully saturated rings. The second-order valence-corrected chi connectivity index (χ2v) is 9.37. The number of aryl methyl sites for hydroxylation is 1. The van der Waals surface area contributed by atoms with E-state index < -0.39 is 11.8 Å². The minimum atomic E-state index is -0.690. The fraction of sp³-hybridized carbons (Fsp3) is 0.346. The van der Waals surface area contributed by atoms with Gasteiger partial charge in [-0.25, -0.2) is 4.39 Å². The molecule has 1 aliphatic heterocycles. The summed E-state index contributed by atoms with van der Waals surface area (Å²) >= 11 is 0. The number of rotatable bonds is 3. The average Bonchev–Trinajstić information content (AvgIpc) is 2.67. The summed E-state index contributed by atoms with van der Waals surface area (Å²) in [7, 11) is 0. The molecule has 0 radical (unpaired) electrons. The Morgan fingerprint density at radius 3 is 2.55 bits per heavy atom. The van der Waals surface area contributed by atoms with E-state index in [4.69, 9.17) is 4.99 Å². The maximum atomic E-state index is 14.2. The van der Waals surface area contributed by atoms with Crippen molar-refractivity contribution in [1.82, 2.24) is 0 Å². The maximum absolute atomic E-state index is 14.2. The number of carbonyl (C=O) groups excluding carboxylic acids is 2. The van der Waals surface area contributed by atoms with E-state index in [1.165, 1.54) is 12.1 Å². The van der Waals surface area contributed by atoms with E-state index in [0.717, 1.165) is 11.3 Å². The summed E-state index contributed by atoms with van der Waals surface area (Å²) in [5, 5.41) is 3.00. The molecular formula is C26H27FN2O2. The molecule has 0 saturated carbocycles. The lowest BCUT2D eigenvalue weighted by Crippen LogP contribution is -2.41. The molecule has 4 nitrogen and oxygen atoms in total. The molecular weight excluding hydrogens is 391 g/mol. The number of benzene rings is 2. The Morgan fingerprint density at radius 2 is 1.84 bits per heavy atom. The van der Waals surface area contributed by atoms with Crippen molar-refractivity contribution in [3.63, 3.8) is 0 Å². The van der Waals surface area contributed by atoms with Gasteiger partial charge in [0.05, 0.1) is 5.92 Å². The second kappa shape index (κ2) is 7.88. The van der Waals surface area contributed by atoms with Crippen LogP contribution in [0.2, 0.25) is 0 Å². The number of para-hydroxylation sites is 1. The highest BCUT2D eigenvalue weighted by Gasteiger charge is 2.45.